The van der Waals surface area contributed by atoms with E-state index in [0.29, 0.717) is 0 Å². The van der Waals surface area contributed by atoms with E-state index < -0.39 is 0 Å². The third-order valence-corrected chi connectivity index (χ3v) is 3.61. The number of carbonyl (C=O) groups excluding carboxylic acids is 1. The van der Waals surface area contributed by atoms with Crippen LogP contribution in [0.15, 0.2) is 29.6 Å². The van der Waals surface area contributed by atoms with Gasteiger partial charge in [-0.15, -0.1) is 11.3 Å². The van der Waals surface area contributed by atoms with Crippen LogP contribution in [0.2, 0.25) is 0 Å². The summed E-state index contributed by atoms with van der Waals surface area (Å²) >= 11 is 1.69. The van der Waals surface area contributed by atoms with Gasteiger partial charge in [0.05, 0.1) is 10.7 Å². The first-order valence-electron chi connectivity index (χ1n) is 5.98. The largest absolute Gasteiger partial charge is 0.298 e. The molecule has 18 heavy (non-hydrogen) atoms. The molecule has 0 aliphatic carbocycles. The van der Waals surface area contributed by atoms with Crippen LogP contribution < -0.4 is 0 Å². The number of aldehydes is 1. The fraction of sp³-hybridized carbons (Fsp3) is 0.333. The highest BCUT2D eigenvalue weighted by Crippen LogP contribution is 2.25. The predicted molar refractivity (Wildman–Crippen MR) is 75.4 cm³/mol. The lowest BCUT2D eigenvalue weighted by molar-refractivity contribution is 0.112. The van der Waals surface area contributed by atoms with Gasteiger partial charge < -0.3 is 0 Å². The second-order valence-corrected chi connectivity index (χ2v) is 6.36. The van der Waals surface area contributed by atoms with Crippen molar-refractivity contribution in [2.24, 2.45) is 0 Å². The average Bonchev–Trinajstić information content (AvgIpc) is 2.77. The van der Waals surface area contributed by atoms with E-state index in [-0.39, 0.29) is 5.41 Å². The third kappa shape index (κ3) is 3.05. The fourth-order valence-electron chi connectivity index (χ4n) is 1.69. The maximum absolute atomic E-state index is 10.7. The lowest BCUT2D eigenvalue weighted by Gasteiger charge is -2.14. The van der Waals surface area contributed by atoms with Gasteiger partial charge >= 0.3 is 0 Å². The molecule has 0 radical (unpaired) electrons. The van der Waals surface area contributed by atoms with E-state index in [0.717, 1.165) is 34.5 Å². The van der Waals surface area contributed by atoms with Gasteiger partial charge in [0.1, 0.15) is 6.29 Å². The molecule has 0 amide bonds. The molecule has 2 aromatic rings. The highest BCUT2D eigenvalue weighted by molar-refractivity contribution is 7.09. The molecular formula is C15H17NOS. The van der Waals surface area contributed by atoms with Crippen LogP contribution >= 0.6 is 11.3 Å². The minimum absolute atomic E-state index is 0.0966. The first-order chi connectivity index (χ1) is 8.49. The van der Waals surface area contributed by atoms with E-state index in [4.69, 9.17) is 0 Å². The van der Waals surface area contributed by atoms with E-state index in [1.54, 1.807) is 11.3 Å². The highest BCUT2D eigenvalue weighted by atomic mass is 32.1. The first-order valence-corrected chi connectivity index (χ1v) is 6.86. The molecule has 0 saturated carbocycles. The topological polar surface area (TPSA) is 30.0 Å². The molecule has 0 N–H and O–H groups in total. The van der Waals surface area contributed by atoms with Gasteiger partial charge in [-0.3, -0.25) is 4.79 Å². The second-order valence-electron chi connectivity index (χ2n) is 5.42. The minimum atomic E-state index is 0.0966. The van der Waals surface area contributed by atoms with Crippen LogP contribution in [0.5, 0.6) is 0 Å². The average molecular weight is 259 g/mol. The van der Waals surface area contributed by atoms with Crippen LogP contribution in [0, 0.1) is 0 Å². The SMILES string of the molecule is CC(C)(C)c1csc(Cc2cccc(C=O)c2)n1. The fourth-order valence-corrected chi connectivity index (χ4v) is 2.74. The second kappa shape index (κ2) is 5.02. The van der Waals surface area contributed by atoms with Crippen LogP contribution in [0.1, 0.15) is 47.4 Å². The van der Waals surface area contributed by atoms with Crippen molar-refractivity contribution in [2.45, 2.75) is 32.6 Å². The molecule has 1 heterocycles. The molecule has 3 heteroatoms. The first kappa shape index (κ1) is 13.0. The highest BCUT2D eigenvalue weighted by Gasteiger charge is 2.17. The third-order valence-electron chi connectivity index (χ3n) is 2.76. The Morgan fingerprint density at radius 1 is 1.33 bits per heavy atom. The molecule has 0 saturated heterocycles. The normalized spacial score (nSPS) is 11.5. The number of benzene rings is 1. The van der Waals surface area contributed by atoms with Crippen molar-refractivity contribution >= 4 is 17.6 Å². The summed E-state index contributed by atoms with van der Waals surface area (Å²) in [7, 11) is 0. The van der Waals surface area contributed by atoms with Crippen molar-refractivity contribution in [2.75, 3.05) is 0 Å². The van der Waals surface area contributed by atoms with Gasteiger partial charge in [0.2, 0.25) is 0 Å². The van der Waals surface area contributed by atoms with Gasteiger partial charge in [-0.25, -0.2) is 4.98 Å². The number of rotatable bonds is 3. The van der Waals surface area contributed by atoms with Crippen molar-refractivity contribution < 1.29 is 4.79 Å². The molecule has 2 rings (SSSR count). The molecule has 1 aromatic heterocycles. The Labute approximate surface area is 112 Å². The zero-order chi connectivity index (χ0) is 13.2. The van der Waals surface area contributed by atoms with Gasteiger partial charge in [-0.2, -0.15) is 0 Å². The summed E-state index contributed by atoms with van der Waals surface area (Å²) in [6, 6.07) is 7.69. The molecule has 1 aromatic carbocycles. The molecule has 94 valence electrons. The van der Waals surface area contributed by atoms with E-state index >= 15 is 0 Å². The number of hydrogen-bond acceptors (Lipinski definition) is 3. The number of carbonyl (C=O) groups is 1. The Morgan fingerprint density at radius 2 is 2.11 bits per heavy atom. The summed E-state index contributed by atoms with van der Waals surface area (Å²) in [5.41, 5.74) is 3.09. The Kier molecular flexibility index (Phi) is 3.62. The van der Waals surface area contributed by atoms with Crippen molar-refractivity contribution in [1.29, 1.82) is 0 Å². The van der Waals surface area contributed by atoms with Crippen LogP contribution in [0.4, 0.5) is 0 Å². The summed E-state index contributed by atoms with van der Waals surface area (Å²) in [5, 5.41) is 3.22. The van der Waals surface area contributed by atoms with Crippen molar-refractivity contribution in [3.63, 3.8) is 0 Å². The molecule has 0 aliphatic heterocycles. The Balaban J connectivity index is 2.18. The summed E-state index contributed by atoms with van der Waals surface area (Å²) in [4.78, 5) is 15.4. The lowest BCUT2D eigenvalue weighted by Crippen LogP contribution is -2.11. The molecule has 0 unspecified atom stereocenters. The van der Waals surface area contributed by atoms with Gasteiger partial charge in [0.15, 0.2) is 0 Å². The Bertz CT molecular complexity index is 552. The van der Waals surface area contributed by atoms with Gasteiger partial charge in [-0.05, 0) is 11.6 Å². The molecule has 0 spiro atoms. The molecule has 2 nitrogen and oxygen atoms in total. The van der Waals surface area contributed by atoms with Crippen molar-refractivity contribution in [3.8, 4) is 0 Å². The lowest BCUT2D eigenvalue weighted by atomic mass is 9.93. The molecule has 0 bridgehead atoms. The predicted octanol–water partition coefficient (Wildman–Crippen LogP) is 3.84. The van der Waals surface area contributed by atoms with Crippen LogP contribution in [-0.4, -0.2) is 11.3 Å². The maximum Gasteiger partial charge on any atom is 0.150 e. The number of aromatic nitrogens is 1. The van der Waals surface area contributed by atoms with Crippen LogP contribution in [0.3, 0.4) is 0 Å². The van der Waals surface area contributed by atoms with Gasteiger partial charge in [0, 0.05) is 22.8 Å². The van der Waals surface area contributed by atoms with Crippen LogP contribution in [0.25, 0.3) is 0 Å². The molecule has 0 aliphatic rings. The quantitative estimate of drug-likeness (QED) is 0.784. The minimum Gasteiger partial charge on any atom is -0.298 e. The number of hydrogen-bond donors (Lipinski definition) is 0. The van der Waals surface area contributed by atoms with Crippen molar-refractivity contribution in [1.82, 2.24) is 4.98 Å². The summed E-state index contributed by atoms with van der Waals surface area (Å²) < 4.78 is 0. The van der Waals surface area contributed by atoms with E-state index in [2.05, 4.69) is 31.1 Å². The van der Waals surface area contributed by atoms with Crippen molar-refractivity contribution in [3.05, 3.63) is 51.5 Å². The smallest absolute Gasteiger partial charge is 0.150 e. The summed E-state index contributed by atoms with van der Waals surface area (Å²) in [6.45, 7) is 6.50. The number of thiazole rings is 1. The van der Waals surface area contributed by atoms with Gasteiger partial charge in [0.25, 0.3) is 0 Å². The monoisotopic (exact) mass is 259 g/mol. The van der Waals surface area contributed by atoms with E-state index in [1.165, 1.54) is 0 Å². The summed E-state index contributed by atoms with van der Waals surface area (Å²) in [6.07, 6.45) is 1.67. The Morgan fingerprint density at radius 3 is 2.72 bits per heavy atom. The standard InChI is InChI=1S/C15H17NOS/c1-15(2,3)13-10-18-14(16-13)8-11-5-4-6-12(7-11)9-17/h4-7,9-10H,8H2,1-3H3. The number of nitrogens with zero attached hydrogens (tertiary/aromatic N) is 1. The van der Waals surface area contributed by atoms with Crippen LogP contribution in [-0.2, 0) is 11.8 Å². The molecular weight excluding hydrogens is 242 g/mol. The summed E-state index contributed by atoms with van der Waals surface area (Å²) in [5.74, 6) is 0. The zero-order valence-corrected chi connectivity index (χ0v) is 11.8. The molecule has 0 fully saturated rings. The Hall–Kier alpha value is -1.48. The molecule has 0 atom stereocenters. The van der Waals surface area contributed by atoms with E-state index in [1.807, 2.05) is 24.3 Å². The van der Waals surface area contributed by atoms with E-state index in [9.17, 15) is 4.79 Å². The maximum atomic E-state index is 10.7. The zero-order valence-electron chi connectivity index (χ0n) is 10.9. The van der Waals surface area contributed by atoms with Gasteiger partial charge in [-0.1, -0.05) is 39.0 Å².